The zero-order chi connectivity index (χ0) is 18.2. The van der Waals surface area contributed by atoms with Crippen molar-refractivity contribution in [2.75, 3.05) is 13.7 Å². The largest absolute Gasteiger partial charge is 0.497 e. The summed E-state index contributed by atoms with van der Waals surface area (Å²) in [6.45, 7) is 9.68. The molecule has 2 aromatic rings. The number of methoxy groups -OCH3 is 1. The van der Waals surface area contributed by atoms with Gasteiger partial charge < -0.3 is 14.6 Å². The summed E-state index contributed by atoms with van der Waals surface area (Å²) in [5.74, 6) is 0.917. The summed E-state index contributed by atoms with van der Waals surface area (Å²) in [5, 5.41) is 3.13. The number of amides is 1. The van der Waals surface area contributed by atoms with E-state index >= 15 is 0 Å². The molecule has 3 rings (SSSR count). The van der Waals surface area contributed by atoms with E-state index in [1.165, 1.54) is 0 Å². The molecule has 0 bridgehead atoms. The highest BCUT2D eigenvalue weighted by Crippen LogP contribution is 2.64. The standard InChI is InChI=1S/C20H27N3O2/c1-14-15(2)23(13-22-14)11-10-21-18(24)20(12-19(20,3)4)16-6-8-17(25-5)9-7-16/h6-9,13H,10-12H2,1-5H3,(H,21,24)/t20-/m1/s1. The van der Waals surface area contributed by atoms with E-state index in [2.05, 4.69) is 28.7 Å². The van der Waals surface area contributed by atoms with Crippen molar-refractivity contribution >= 4 is 5.91 Å². The van der Waals surface area contributed by atoms with Gasteiger partial charge in [0.1, 0.15) is 5.75 Å². The quantitative estimate of drug-likeness (QED) is 0.879. The van der Waals surface area contributed by atoms with Crippen LogP contribution in [0.15, 0.2) is 30.6 Å². The number of hydrogen-bond acceptors (Lipinski definition) is 3. The summed E-state index contributed by atoms with van der Waals surface area (Å²) < 4.78 is 7.31. The van der Waals surface area contributed by atoms with Gasteiger partial charge in [-0.1, -0.05) is 26.0 Å². The first-order chi connectivity index (χ1) is 11.8. The van der Waals surface area contributed by atoms with E-state index in [4.69, 9.17) is 4.74 Å². The Bertz CT molecular complexity index is 777. The van der Waals surface area contributed by atoms with Gasteiger partial charge in [0, 0.05) is 18.8 Å². The average molecular weight is 341 g/mol. The lowest BCUT2D eigenvalue weighted by atomic mass is 9.87. The van der Waals surface area contributed by atoms with Crippen LogP contribution in [-0.4, -0.2) is 29.1 Å². The third-order valence-corrected chi connectivity index (χ3v) is 5.69. The Morgan fingerprint density at radius 3 is 2.40 bits per heavy atom. The molecule has 0 unspecified atom stereocenters. The van der Waals surface area contributed by atoms with E-state index < -0.39 is 5.41 Å². The van der Waals surface area contributed by atoms with Gasteiger partial charge in [0.2, 0.25) is 5.91 Å². The van der Waals surface area contributed by atoms with Crippen LogP contribution in [-0.2, 0) is 16.8 Å². The molecular formula is C20H27N3O2. The molecule has 0 spiro atoms. The number of aromatic nitrogens is 2. The molecule has 5 heteroatoms. The Morgan fingerprint density at radius 2 is 1.92 bits per heavy atom. The fourth-order valence-corrected chi connectivity index (χ4v) is 3.72. The molecule has 134 valence electrons. The smallest absolute Gasteiger partial charge is 0.231 e. The first kappa shape index (κ1) is 17.5. The first-order valence-electron chi connectivity index (χ1n) is 8.73. The van der Waals surface area contributed by atoms with Gasteiger partial charge in [0.05, 0.1) is 24.5 Å². The van der Waals surface area contributed by atoms with E-state index in [0.29, 0.717) is 6.54 Å². The number of imidazole rings is 1. The zero-order valence-electron chi connectivity index (χ0n) is 15.7. The van der Waals surface area contributed by atoms with Gasteiger partial charge in [0.15, 0.2) is 0 Å². The number of nitrogens with one attached hydrogen (secondary N) is 1. The van der Waals surface area contributed by atoms with Crippen LogP contribution in [0.2, 0.25) is 0 Å². The van der Waals surface area contributed by atoms with Crippen LogP contribution in [0.4, 0.5) is 0 Å². The number of aryl methyl sites for hydroxylation is 1. The predicted octanol–water partition coefficient (Wildman–Crippen LogP) is 2.99. The Morgan fingerprint density at radius 1 is 1.28 bits per heavy atom. The van der Waals surface area contributed by atoms with Crippen LogP contribution < -0.4 is 10.1 Å². The topological polar surface area (TPSA) is 56.1 Å². The van der Waals surface area contributed by atoms with Crippen LogP contribution in [0.25, 0.3) is 0 Å². The molecule has 0 radical (unpaired) electrons. The van der Waals surface area contributed by atoms with Crippen LogP contribution >= 0.6 is 0 Å². The fourth-order valence-electron chi connectivity index (χ4n) is 3.72. The van der Waals surface area contributed by atoms with Crippen LogP contribution in [0.1, 0.15) is 37.2 Å². The normalized spacial score (nSPS) is 21.0. The van der Waals surface area contributed by atoms with Gasteiger partial charge in [-0.15, -0.1) is 0 Å². The van der Waals surface area contributed by atoms with Crippen molar-refractivity contribution in [2.24, 2.45) is 5.41 Å². The SMILES string of the molecule is COc1ccc([C@@]2(C(=O)NCCn3cnc(C)c3C)CC2(C)C)cc1. The minimum atomic E-state index is -0.445. The van der Waals surface area contributed by atoms with Gasteiger partial charge in [-0.2, -0.15) is 0 Å². The molecule has 0 aliphatic heterocycles. The molecule has 1 saturated carbocycles. The summed E-state index contributed by atoms with van der Waals surface area (Å²) in [7, 11) is 1.65. The minimum absolute atomic E-state index is 0.0345. The first-order valence-corrected chi connectivity index (χ1v) is 8.73. The van der Waals surface area contributed by atoms with Crippen LogP contribution in [0.5, 0.6) is 5.75 Å². The minimum Gasteiger partial charge on any atom is -0.497 e. The molecule has 1 N–H and O–H groups in total. The number of benzene rings is 1. The second-order valence-electron chi connectivity index (χ2n) is 7.56. The highest BCUT2D eigenvalue weighted by atomic mass is 16.5. The van der Waals surface area contributed by atoms with E-state index in [-0.39, 0.29) is 11.3 Å². The molecule has 0 saturated heterocycles. The molecule has 5 nitrogen and oxygen atoms in total. The summed E-state index contributed by atoms with van der Waals surface area (Å²) in [6, 6.07) is 7.87. The number of ether oxygens (including phenoxy) is 1. The summed E-state index contributed by atoms with van der Waals surface area (Å²) in [4.78, 5) is 17.3. The van der Waals surface area contributed by atoms with Gasteiger partial charge in [0.25, 0.3) is 0 Å². The van der Waals surface area contributed by atoms with Crippen molar-refractivity contribution in [1.82, 2.24) is 14.9 Å². The highest BCUT2D eigenvalue weighted by molar-refractivity contribution is 5.93. The number of rotatable bonds is 6. The Hall–Kier alpha value is -2.30. The van der Waals surface area contributed by atoms with Crippen molar-refractivity contribution in [3.63, 3.8) is 0 Å². The number of hydrogen-bond donors (Lipinski definition) is 1. The third-order valence-electron chi connectivity index (χ3n) is 5.69. The Kier molecular flexibility index (Phi) is 4.35. The second kappa shape index (κ2) is 6.21. The van der Waals surface area contributed by atoms with E-state index in [0.717, 1.165) is 35.7 Å². The summed E-state index contributed by atoms with van der Waals surface area (Å²) in [6.07, 6.45) is 2.69. The summed E-state index contributed by atoms with van der Waals surface area (Å²) in [5.41, 5.74) is 2.76. The number of carbonyl (C=O) groups is 1. The molecule has 1 amide bonds. The molecule has 1 aliphatic carbocycles. The molecule has 1 aromatic heterocycles. The van der Waals surface area contributed by atoms with Crippen molar-refractivity contribution in [3.8, 4) is 5.75 Å². The molecule has 1 fully saturated rings. The lowest BCUT2D eigenvalue weighted by Crippen LogP contribution is -2.39. The van der Waals surface area contributed by atoms with Gasteiger partial charge in [-0.3, -0.25) is 4.79 Å². The summed E-state index contributed by atoms with van der Waals surface area (Å²) >= 11 is 0. The van der Waals surface area contributed by atoms with Gasteiger partial charge in [-0.05, 0) is 43.4 Å². The van der Waals surface area contributed by atoms with Crippen molar-refractivity contribution < 1.29 is 9.53 Å². The monoisotopic (exact) mass is 341 g/mol. The molecular weight excluding hydrogens is 314 g/mol. The van der Waals surface area contributed by atoms with E-state index in [1.54, 1.807) is 7.11 Å². The van der Waals surface area contributed by atoms with Crippen molar-refractivity contribution in [3.05, 3.63) is 47.5 Å². The molecule has 1 heterocycles. The molecule has 1 aromatic carbocycles. The van der Waals surface area contributed by atoms with Crippen LogP contribution in [0, 0.1) is 19.3 Å². The highest BCUT2D eigenvalue weighted by Gasteiger charge is 2.66. The maximum absolute atomic E-state index is 13.0. The van der Waals surface area contributed by atoms with Gasteiger partial charge in [-0.25, -0.2) is 4.98 Å². The molecule has 1 aliphatic rings. The van der Waals surface area contributed by atoms with E-state index in [1.807, 2.05) is 44.4 Å². The molecule has 1 atom stereocenters. The molecule has 25 heavy (non-hydrogen) atoms. The average Bonchev–Trinajstić information content (AvgIpc) is 3.07. The number of nitrogens with zero attached hydrogens (tertiary/aromatic N) is 2. The van der Waals surface area contributed by atoms with Crippen molar-refractivity contribution in [1.29, 1.82) is 0 Å². The Labute approximate surface area is 149 Å². The predicted molar refractivity (Wildman–Crippen MR) is 97.8 cm³/mol. The zero-order valence-corrected chi connectivity index (χ0v) is 15.7. The lowest BCUT2D eigenvalue weighted by Gasteiger charge is -2.21. The van der Waals surface area contributed by atoms with E-state index in [9.17, 15) is 4.79 Å². The maximum Gasteiger partial charge on any atom is 0.231 e. The van der Waals surface area contributed by atoms with Gasteiger partial charge >= 0.3 is 0 Å². The fraction of sp³-hybridized carbons (Fsp3) is 0.500. The third kappa shape index (κ3) is 2.92. The Balaban J connectivity index is 1.70. The number of carbonyl (C=O) groups excluding carboxylic acids is 1. The lowest BCUT2D eigenvalue weighted by molar-refractivity contribution is -0.124. The van der Waals surface area contributed by atoms with Crippen LogP contribution in [0.3, 0.4) is 0 Å². The van der Waals surface area contributed by atoms with Crippen molar-refractivity contribution in [2.45, 2.75) is 46.1 Å². The second-order valence-corrected chi connectivity index (χ2v) is 7.56. The maximum atomic E-state index is 13.0.